The highest BCUT2D eigenvalue weighted by atomic mass is 19.3. The molecule has 0 spiro atoms. The number of piperazine rings is 1. The number of carbonyl (C=O) groups excluding carboxylic acids is 3. The molecule has 2 fully saturated rings. The van der Waals surface area contributed by atoms with Crippen LogP contribution in [0.5, 0.6) is 0 Å². The highest BCUT2D eigenvalue weighted by Crippen LogP contribution is 2.39. The number of aromatic nitrogens is 1. The minimum Gasteiger partial charge on any atom is -0.300 e. The minimum atomic E-state index is -2.65. The number of aryl methyl sites for hydroxylation is 1. The maximum atomic E-state index is 14.0. The van der Waals surface area contributed by atoms with Gasteiger partial charge in [-0.05, 0) is 105 Å². The van der Waals surface area contributed by atoms with E-state index in [0.29, 0.717) is 24.1 Å². The molecule has 1 saturated carbocycles. The summed E-state index contributed by atoms with van der Waals surface area (Å²) in [4.78, 5) is 58.5. The molecular formula is C48H58F2N6O3. The van der Waals surface area contributed by atoms with Crippen LogP contribution in [0.1, 0.15) is 120 Å². The number of ketones is 1. The van der Waals surface area contributed by atoms with Gasteiger partial charge in [-0.2, -0.15) is 0 Å². The van der Waals surface area contributed by atoms with Gasteiger partial charge in [0.25, 0.3) is 11.8 Å². The fourth-order valence-electron chi connectivity index (χ4n) is 10.1. The van der Waals surface area contributed by atoms with Gasteiger partial charge in [-0.25, -0.2) is 8.78 Å². The van der Waals surface area contributed by atoms with Crippen molar-refractivity contribution in [1.82, 2.24) is 24.6 Å². The van der Waals surface area contributed by atoms with Crippen LogP contribution in [0.2, 0.25) is 0 Å². The largest absolute Gasteiger partial charge is 0.300 e. The molecule has 9 nitrogen and oxygen atoms in total. The number of hydrogen-bond donors (Lipinski definition) is 0. The summed E-state index contributed by atoms with van der Waals surface area (Å²) in [6.45, 7) is 6.51. The van der Waals surface area contributed by atoms with Gasteiger partial charge in [-0.15, -0.1) is 0 Å². The fraction of sp³-hybridized carbons (Fsp3) is 0.521. The van der Waals surface area contributed by atoms with E-state index < -0.39 is 5.92 Å². The van der Waals surface area contributed by atoms with Gasteiger partial charge in [-0.1, -0.05) is 48.5 Å². The first-order chi connectivity index (χ1) is 28.7. The molecule has 1 saturated heterocycles. The molecule has 4 heterocycles. The molecular weight excluding hydrogens is 747 g/mol. The summed E-state index contributed by atoms with van der Waals surface area (Å²) in [7, 11) is 0. The second-order valence-electron chi connectivity index (χ2n) is 17.4. The summed E-state index contributed by atoms with van der Waals surface area (Å²) in [6, 6.07) is 22.0. The number of carbonyl (C=O) groups is 3. The summed E-state index contributed by atoms with van der Waals surface area (Å²) in [6.07, 6.45) is 12.9. The lowest BCUT2D eigenvalue weighted by molar-refractivity contribution is -0.127. The molecule has 3 atom stereocenters. The molecule has 1 aromatic heterocycles. The van der Waals surface area contributed by atoms with Crippen LogP contribution in [0.15, 0.2) is 89.7 Å². The highest BCUT2D eigenvalue weighted by Gasteiger charge is 2.39. The zero-order chi connectivity index (χ0) is 40.8. The monoisotopic (exact) mass is 804 g/mol. The Morgan fingerprint density at radius 2 is 1.66 bits per heavy atom. The van der Waals surface area contributed by atoms with Crippen molar-refractivity contribution < 1.29 is 23.2 Å². The van der Waals surface area contributed by atoms with Crippen molar-refractivity contribution in [2.24, 2.45) is 10.9 Å². The lowest BCUT2D eigenvalue weighted by Gasteiger charge is -2.45. The number of halogens is 2. The van der Waals surface area contributed by atoms with Crippen molar-refractivity contribution in [3.8, 4) is 0 Å². The van der Waals surface area contributed by atoms with Crippen molar-refractivity contribution in [2.45, 2.75) is 101 Å². The van der Waals surface area contributed by atoms with Gasteiger partial charge in [0, 0.05) is 95.5 Å². The smallest absolute Gasteiger partial charge is 0.261 e. The molecule has 0 N–H and O–H groups in total. The molecule has 0 unspecified atom stereocenters. The normalized spacial score (nSPS) is 22.8. The van der Waals surface area contributed by atoms with E-state index in [2.05, 4.69) is 37.9 Å². The number of Topliss-reactive ketones (excluding diaryl/α,β-unsaturated/α-hetero) is 1. The Balaban J connectivity index is 0.967. The molecule has 5 aliphatic rings. The average Bonchev–Trinajstić information content (AvgIpc) is 3.86. The third-order valence-corrected chi connectivity index (χ3v) is 13.5. The number of hydrogen-bond acceptors (Lipinski definition) is 8. The number of nitrogens with zero attached hydrogens (tertiary/aromatic N) is 6. The van der Waals surface area contributed by atoms with Gasteiger partial charge >= 0.3 is 0 Å². The van der Waals surface area contributed by atoms with Gasteiger partial charge < -0.3 is 4.90 Å². The Kier molecular flexibility index (Phi) is 13.2. The molecule has 11 heteroatoms. The summed E-state index contributed by atoms with van der Waals surface area (Å²) in [5.41, 5.74) is 5.94. The highest BCUT2D eigenvalue weighted by molar-refractivity contribution is 6.21. The van der Waals surface area contributed by atoms with Crippen LogP contribution in [0.3, 0.4) is 0 Å². The number of alkyl halides is 2. The third-order valence-electron chi connectivity index (χ3n) is 13.5. The lowest BCUT2D eigenvalue weighted by atomic mass is 9.79. The molecule has 0 bridgehead atoms. The molecule has 2 amide bonds. The van der Waals surface area contributed by atoms with E-state index in [4.69, 9.17) is 4.98 Å². The molecule has 0 radical (unpaired) electrons. The number of benzene rings is 2. The summed E-state index contributed by atoms with van der Waals surface area (Å²) in [5, 5.41) is 0. The second kappa shape index (κ2) is 18.9. The van der Waals surface area contributed by atoms with Crippen LogP contribution < -0.4 is 0 Å². The summed E-state index contributed by atoms with van der Waals surface area (Å²) >= 11 is 0. The SMILES string of the molecule is O=C(C[C@@H](CCN1CCN(CC2=CN=CC2)[C@@H](CN(CCCCN2C(=O)c3ccccc3C2=O)[C@H]2CCCc3cccnc32)C1)c1ccccc1)C1CCC(F)(F)CC1. The standard InChI is InChI=1S/C48H58F2N6O3/c49-48(50)21-17-37(18-22-48)44(57)30-39(36-10-2-1-3-11-36)20-27-53-28-29-54(32-35-19-24-51-31-35)40(33-53)34-55(43-16-8-12-38-13-9-23-52-45(38)43)25-6-7-26-56-46(58)41-14-4-5-15-42(41)47(56)59/h1-5,9-11,13-15,23-24,31,37,39-40,43H,6-8,12,16-22,25-30,32-34H2/t39-,40-,43+/m1/s1. The van der Waals surface area contributed by atoms with Crippen molar-refractivity contribution in [3.63, 3.8) is 0 Å². The number of pyridine rings is 1. The summed E-state index contributed by atoms with van der Waals surface area (Å²) in [5.74, 6) is -3.16. The molecule has 3 aliphatic heterocycles. The Morgan fingerprint density at radius 3 is 2.41 bits per heavy atom. The van der Waals surface area contributed by atoms with E-state index in [1.54, 1.807) is 12.1 Å². The van der Waals surface area contributed by atoms with Crippen molar-refractivity contribution in [2.75, 3.05) is 52.4 Å². The second-order valence-corrected chi connectivity index (χ2v) is 17.4. The van der Waals surface area contributed by atoms with Crippen LogP contribution in [0.25, 0.3) is 0 Å². The van der Waals surface area contributed by atoms with E-state index in [1.807, 2.05) is 55.0 Å². The number of amides is 2. The van der Waals surface area contributed by atoms with Gasteiger partial charge in [0.1, 0.15) is 5.78 Å². The van der Waals surface area contributed by atoms with Gasteiger partial charge in [0.2, 0.25) is 5.92 Å². The Hall–Kier alpha value is -4.45. The van der Waals surface area contributed by atoms with Crippen LogP contribution in [0, 0.1) is 5.92 Å². The first-order valence-electron chi connectivity index (χ1n) is 22.0. The lowest BCUT2D eigenvalue weighted by Crippen LogP contribution is -2.58. The number of unbranched alkanes of at least 4 members (excludes halogenated alkanes) is 1. The van der Waals surface area contributed by atoms with Crippen molar-refractivity contribution in [1.29, 1.82) is 0 Å². The number of imide groups is 1. The predicted octanol–water partition coefficient (Wildman–Crippen LogP) is 8.14. The topological polar surface area (TPSA) is 89.4 Å². The van der Waals surface area contributed by atoms with Crippen LogP contribution in [-0.4, -0.2) is 113 Å². The Labute approximate surface area is 347 Å². The van der Waals surface area contributed by atoms with E-state index in [1.165, 1.54) is 21.7 Å². The summed E-state index contributed by atoms with van der Waals surface area (Å²) < 4.78 is 27.9. The maximum Gasteiger partial charge on any atom is 0.261 e. The quantitative estimate of drug-likeness (QED) is 0.101. The van der Waals surface area contributed by atoms with Crippen LogP contribution in [0.4, 0.5) is 8.78 Å². The fourth-order valence-corrected chi connectivity index (χ4v) is 10.1. The molecule has 2 aromatic carbocycles. The molecule has 2 aliphatic carbocycles. The zero-order valence-electron chi connectivity index (χ0n) is 34.2. The van der Waals surface area contributed by atoms with Crippen molar-refractivity contribution >= 4 is 23.8 Å². The Bertz CT molecular complexity index is 1980. The van der Waals surface area contributed by atoms with E-state index in [0.717, 1.165) is 96.3 Å². The van der Waals surface area contributed by atoms with Crippen molar-refractivity contribution in [3.05, 3.63) is 113 Å². The minimum absolute atomic E-state index is 0.0342. The number of rotatable bonds is 17. The van der Waals surface area contributed by atoms with E-state index in [-0.39, 0.29) is 67.2 Å². The number of fused-ring (bicyclic) bond motifs is 2. The zero-order valence-corrected chi connectivity index (χ0v) is 34.2. The molecule has 312 valence electrons. The van der Waals surface area contributed by atoms with E-state index >= 15 is 0 Å². The van der Waals surface area contributed by atoms with Crippen LogP contribution in [-0.2, 0) is 11.2 Å². The van der Waals surface area contributed by atoms with Gasteiger partial charge in [-0.3, -0.25) is 39.1 Å². The third kappa shape index (κ3) is 9.96. The molecule has 3 aromatic rings. The first-order valence-corrected chi connectivity index (χ1v) is 22.0. The average molecular weight is 805 g/mol. The predicted molar refractivity (Wildman–Crippen MR) is 226 cm³/mol. The van der Waals surface area contributed by atoms with E-state index in [9.17, 15) is 23.2 Å². The number of aliphatic imine (C=N–C) groups is 1. The Morgan fingerprint density at radius 1 is 0.898 bits per heavy atom. The van der Waals surface area contributed by atoms with Gasteiger partial charge in [0.15, 0.2) is 0 Å². The van der Waals surface area contributed by atoms with Crippen LogP contribution >= 0.6 is 0 Å². The maximum absolute atomic E-state index is 14.0. The first kappa shape index (κ1) is 41.3. The van der Waals surface area contributed by atoms with Gasteiger partial charge in [0.05, 0.1) is 22.9 Å². The molecule has 59 heavy (non-hydrogen) atoms. The molecule has 8 rings (SSSR count).